The van der Waals surface area contributed by atoms with Gasteiger partial charge in [-0.15, -0.1) is 0 Å². The van der Waals surface area contributed by atoms with Crippen molar-refractivity contribution in [1.29, 1.82) is 0 Å². The van der Waals surface area contributed by atoms with E-state index >= 15 is 0 Å². The van der Waals surface area contributed by atoms with Gasteiger partial charge in [-0.1, -0.05) is 0 Å². The summed E-state index contributed by atoms with van der Waals surface area (Å²) >= 11 is 0. The molecule has 0 spiro atoms. The molecule has 3 aromatic carbocycles. The number of hydrogen-bond acceptors (Lipinski definition) is 6. The molecule has 0 fully saturated rings. The van der Waals surface area contributed by atoms with Crippen molar-refractivity contribution in [1.82, 2.24) is 0 Å². The number of aromatic hydroxyl groups is 2. The number of hydrogen-bond donors (Lipinski definition) is 2. The molecule has 0 heterocycles. The third-order valence-electron chi connectivity index (χ3n) is 5.06. The summed E-state index contributed by atoms with van der Waals surface area (Å²) in [6.45, 7) is 4.92. The van der Waals surface area contributed by atoms with Crippen LogP contribution in [-0.4, -0.2) is 27.7 Å². The lowest BCUT2D eigenvalue weighted by Gasteiger charge is -2.22. The minimum Gasteiger partial charge on any atom is -0.506 e. The van der Waals surface area contributed by atoms with Gasteiger partial charge in [0.1, 0.15) is 17.2 Å². The minimum atomic E-state index is -0.619. The molecule has 6 heteroatoms. The number of ketones is 2. The molecule has 0 aromatic heterocycles. The molecular weight excluding hydrogens is 360 g/mol. The predicted octanol–water partition coefficient (Wildman–Crippen LogP) is 3.57. The summed E-state index contributed by atoms with van der Waals surface area (Å²) in [6, 6.07) is 7.42. The number of ether oxygens (including phenoxy) is 1. The Hall–Kier alpha value is -3.67. The molecule has 0 bridgehead atoms. The number of carbonyl (C=O) groups excluding carboxylic acids is 3. The van der Waals surface area contributed by atoms with Crippen LogP contribution in [0.3, 0.4) is 0 Å². The van der Waals surface area contributed by atoms with E-state index in [1.807, 2.05) is 13.8 Å². The highest BCUT2D eigenvalue weighted by atomic mass is 16.5. The van der Waals surface area contributed by atoms with Gasteiger partial charge in [0, 0.05) is 28.8 Å². The fraction of sp³-hybridized carbons (Fsp3) is 0.136. The summed E-state index contributed by atoms with van der Waals surface area (Å²) < 4.78 is 4.99. The average Bonchev–Trinajstić information content (AvgIpc) is 2.63. The second kappa shape index (κ2) is 5.92. The molecule has 0 aliphatic heterocycles. The first-order valence-electron chi connectivity index (χ1n) is 8.61. The molecule has 0 saturated heterocycles. The van der Waals surface area contributed by atoms with Crippen molar-refractivity contribution < 1.29 is 29.3 Å². The van der Waals surface area contributed by atoms with Gasteiger partial charge in [-0.2, -0.15) is 0 Å². The Morgan fingerprint density at radius 2 is 1.32 bits per heavy atom. The van der Waals surface area contributed by atoms with E-state index in [4.69, 9.17) is 4.74 Å². The van der Waals surface area contributed by atoms with Crippen LogP contribution in [0.25, 0.3) is 10.8 Å². The maximum Gasteiger partial charge on any atom is 0.308 e. The van der Waals surface area contributed by atoms with Gasteiger partial charge in [0.05, 0.1) is 11.1 Å². The lowest BCUT2D eigenvalue weighted by molar-refractivity contribution is -0.131. The van der Waals surface area contributed by atoms with Crippen LogP contribution in [0.5, 0.6) is 17.2 Å². The number of esters is 1. The molecule has 6 nitrogen and oxygen atoms in total. The molecule has 0 atom stereocenters. The van der Waals surface area contributed by atoms with E-state index in [-0.39, 0.29) is 39.5 Å². The van der Waals surface area contributed by atoms with Crippen LogP contribution >= 0.6 is 0 Å². The Bertz CT molecular complexity index is 1240. The van der Waals surface area contributed by atoms with Gasteiger partial charge in [0.25, 0.3) is 0 Å². The van der Waals surface area contributed by atoms with Crippen LogP contribution in [0.1, 0.15) is 49.9 Å². The summed E-state index contributed by atoms with van der Waals surface area (Å²) in [4.78, 5) is 37.3. The van der Waals surface area contributed by atoms with Crippen molar-refractivity contribution in [3.05, 3.63) is 63.7 Å². The smallest absolute Gasteiger partial charge is 0.308 e. The Labute approximate surface area is 160 Å². The summed E-state index contributed by atoms with van der Waals surface area (Å²) in [7, 11) is 0. The summed E-state index contributed by atoms with van der Waals surface area (Å²) in [6.07, 6.45) is 0. The van der Waals surface area contributed by atoms with Crippen LogP contribution in [0.2, 0.25) is 0 Å². The van der Waals surface area contributed by atoms with Crippen molar-refractivity contribution in [3.8, 4) is 17.2 Å². The highest BCUT2D eigenvalue weighted by Gasteiger charge is 2.36. The quantitative estimate of drug-likeness (QED) is 0.299. The number of rotatable bonds is 1. The predicted molar refractivity (Wildman–Crippen MR) is 101 cm³/mol. The van der Waals surface area contributed by atoms with E-state index in [1.54, 1.807) is 12.1 Å². The zero-order chi connectivity index (χ0) is 20.3. The number of aryl methyl sites for hydroxylation is 2. The van der Waals surface area contributed by atoms with E-state index in [0.29, 0.717) is 10.8 Å². The van der Waals surface area contributed by atoms with Crippen LogP contribution in [0, 0.1) is 13.8 Å². The molecule has 3 aromatic rings. The highest BCUT2D eigenvalue weighted by molar-refractivity contribution is 6.32. The summed E-state index contributed by atoms with van der Waals surface area (Å²) in [5.41, 5.74) is 1.37. The Morgan fingerprint density at radius 3 is 1.82 bits per heavy atom. The zero-order valence-electron chi connectivity index (χ0n) is 15.4. The van der Waals surface area contributed by atoms with Gasteiger partial charge in [0.2, 0.25) is 0 Å². The van der Waals surface area contributed by atoms with Crippen LogP contribution < -0.4 is 4.74 Å². The van der Waals surface area contributed by atoms with E-state index < -0.39 is 17.5 Å². The maximum atomic E-state index is 13.1. The van der Waals surface area contributed by atoms with Crippen molar-refractivity contribution in [3.63, 3.8) is 0 Å². The molecule has 0 amide bonds. The number of benzene rings is 3. The monoisotopic (exact) mass is 376 g/mol. The normalized spacial score (nSPS) is 12.7. The molecule has 2 N–H and O–H groups in total. The van der Waals surface area contributed by atoms with E-state index in [0.717, 1.165) is 11.1 Å². The molecule has 140 valence electrons. The van der Waals surface area contributed by atoms with Gasteiger partial charge in [-0.05, 0) is 55.3 Å². The van der Waals surface area contributed by atoms with Gasteiger partial charge < -0.3 is 14.9 Å². The standard InChI is InChI=1S/C22H16O6/c1-9-6-14-15(7-10(9)2)21(26)18-17(20(14)25)19(24)13-5-4-12(28-11(3)23)8-16(13)22(18)27/h4-8,25-26H,1-3H3. The van der Waals surface area contributed by atoms with Gasteiger partial charge in [0.15, 0.2) is 11.6 Å². The Morgan fingerprint density at radius 1 is 0.821 bits per heavy atom. The third kappa shape index (κ3) is 2.38. The average molecular weight is 376 g/mol. The Kier molecular flexibility index (Phi) is 3.75. The second-order valence-corrected chi connectivity index (χ2v) is 6.89. The van der Waals surface area contributed by atoms with Crippen molar-refractivity contribution in [2.24, 2.45) is 0 Å². The molecular formula is C22H16O6. The number of fused-ring (bicyclic) bond motifs is 3. The Balaban J connectivity index is 2.04. The first kappa shape index (κ1) is 17.7. The van der Waals surface area contributed by atoms with Gasteiger partial charge in [-0.3, -0.25) is 14.4 Å². The fourth-order valence-corrected chi connectivity index (χ4v) is 3.56. The third-order valence-corrected chi connectivity index (χ3v) is 5.06. The number of carbonyl (C=O) groups is 3. The van der Waals surface area contributed by atoms with Crippen molar-refractivity contribution >= 4 is 28.3 Å². The largest absolute Gasteiger partial charge is 0.506 e. The molecule has 1 aliphatic rings. The SMILES string of the molecule is CC(=O)Oc1ccc2c(c1)C(=O)c1c(c(O)c3cc(C)c(C)cc3c1O)C2=O. The molecule has 0 saturated carbocycles. The van der Waals surface area contributed by atoms with Gasteiger partial charge >= 0.3 is 5.97 Å². The number of phenols is 2. The van der Waals surface area contributed by atoms with Crippen LogP contribution in [-0.2, 0) is 4.79 Å². The first-order valence-corrected chi connectivity index (χ1v) is 8.61. The zero-order valence-corrected chi connectivity index (χ0v) is 15.4. The molecule has 0 unspecified atom stereocenters. The van der Waals surface area contributed by atoms with Crippen LogP contribution in [0.15, 0.2) is 30.3 Å². The van der Waals surface area contributed by atoms with E-state index in [1.165, 1.54) is 25.1 Å². The highest BCUT2D eigenvalue weighted by Crippen LogP contribution is 2.45. The maximum absolute atomic E-state index is 13.1. The lowest BCUT2D eigenvalue weighted by atomic mass is 9.81. The van der Waals surface area contributed by atoms with Crippen molar-refractivity contribution in [2.75, 3.05) is 0 Å². The molecule has 0 radical (unpaired) electrons. The lowest BCUT2D eigenvalue weighted by Crippen LogP contribution is -2.21. The number of phenolic OH excluding ortho intramolecular Hbond substituents is 2. The van der Waals surface area contributed by atoms with Crippen LogP contribution in [0.4, 0.5) is 0 Å². The first-order chi connectivity index (χ1) is 13.2. The fourth-order valence-electron chi connectivity index (χ4n) is 3.56. The van der Waals surface area contributed by atoms with Gasteiger partial charge in [-0.25, -0.2) is 0 Å². The topological polar surface area (TPSA) is 101 Å². The minimum absolute atomic E-state index is 0.00846. The summed E-state index contributed by atoms with van der Waals surface area (Å²) in [5, 5.41) is 22.2. The van der Waals surface area contributed by atoms with Crippen molar-refractivity contribution in [2.45, 2.75) is 20.8 Å². The molecule has 1 aliphatic carbocycles. The van der Waals surface area contributed by atoms with E-state index in [9.17, 15) is 24.6 Å². The van der Waals surface area contributed by atoms with E-state index in [2.05, 4.69) is 0 Å². The molecule has 4 rings (SSSR count). The second-order valence-electron chi connectivity index (χ2n) is 6.89. The molecule has 28 heavy (non-hydrogen) atoms. The summed E-state index contributed by atoms with van der Waals surface area (Å²) in [5.74, 6) is -2.33.